The van der Waals surface area contributed by atoms with Crippen LogP contribution in [0.25, 0.3) is 0 Å². The number of carbonyl (C=O) groups excluding carboxylic acids is 1. The average Bonchev–Trinajstić information content (AvgIpc) is 2.95. The highest BCUT2D eigenvalue weighted by Crippen LogP contribution is 2.46. The summed E-state index contributed by atoms with van der Waals surface area (Å²) in [4.78, 5) is 12.6. The number of fused-ring (bicyclic) bond motifs is 2. The van der Waals surface area contributed by atoms with Crippen molar-refractivity contribution in [3.63, 3.8) is 0 Å². The Balaban J connectivity index is 1.40. The minimum atomic E-state index is -0.0580. The first-order valence-corrected chi connectivity index (χ1v) is 9.67. The summed E-state index contributed by atoms with van der Waals surface area (Å²) in [5.41, 5.74) is 2.67. The van der Waals surface area contributed by atoms with E-state index in [1.54, 1.807) is 7.11 Å². The van der Waals surface area contributed by atoms with Crippen LogP contribution in [0.2, 0.25) is 0 Å². The van der Waals surface area contributed by atoms with Crippen molar-refractivity contribution in [2.45, 2.75) is 51.2 Å². The Morgan fingerprint density at radius 3 is 2.92 bits per heavy atom. The van der Waals surface area contributed by atoms with Gasteiger partial charge in [0.05, 0.1) is 13.7 Å². The van der Waals surface area contributed by atoms with Crippen molar-refractivity contribution in [2.24, 2.45) is 17.8 Å². The van der Waals surface area contributed by atoms with Crippen LogP contribution in [0.3, 0.4) is 0 Å². The van der Waals surface area contributed by atoms with E-state index in [2.05, 4.69) is 12.1 Å². The number of Topliss-reactive ketones (excluding diaryl/α,β-unsaturated/α-hetero) is 1. The smallest absolute Gasteiger partial charge is 0.157 e. The van der Waals surface area contributed by atoms with Gasteiger partial charge in [0, 0.05) is 18.9 Å². The molecule has 25 heavy (non-hydrogen) atoms. The summed E-state index contributed by atoms with van der Waals surface area (Å²) in [5.74, 6) is 2.47. The third-order valence-electron chi connectivity index (χ3n) is 6.24. The molecule has 1 heterocycles. The number of benzene rings is 1. The Morgan fingerprint density at radius 1 is 1.20 bits per heavy atom. The molecule has 2 aliphatic carbocycles. The fourth-order valence-electron chi connectivity index (χ4n) is 4.95. The molecule has 4 atom stereocenters. The maximum Gasteiger partial charge on any atom is 0.157 e. The second-order valence-electron chi connectivity index (χ2n) is 7.66. The van der Waals surface area contributed by atoms with Crippen LogP contribution in [0.5, 0.6) is 5.75 Å². The molecule has 2 fully saturated rings. The van der Waals surface area contributed by atoms with E-state index >= 15 is 0 Å². The molecule has 1 aromatic carbocycles. The van der Waals surface area contributed by atoms with Crippen molar-refractivity contribution >= 4 is 5.78 Å². The molecule has 0 amide bonds. The number of hydrogen-bond acceptors (Lipinski definition) is 4. The second-order valence-corrected chi connectivity index (χ2v) is 7.66. The molecule has 1 saturated carbocycles. The molecule has 0 bridgehead atoms. The molecular weight excluding hydrogens is 316 g/mol. The van der Waals surface area contributed by atoms with Gasteiger partial charge in [-0.2, -0.15) is 0 Å². The monoisotopic (exact) mass is 344 g/mol. The lowest BCUT2D eigenvalue weighted by Crippen LogP contribution is -2.28. The minimum Gasteiger partial charge on any atom is -0.496 e. The molecule has 1 aliphatic heterocycles. The van der Waals surface area contributed by atoms with Crippen LogP contribution >= 0.6 is 0 Å². The van der Waals surface area contributed by atoms with E-state index in [0.717, 1.165) is 44.5 Å². The largest absolute Gasteiger partial charge is 0.496 e. The highest BCUT2D eigenvalue weighted by Gasteiger charge is 2.44. The summed E-state index contributed by atoms with van der Waals surface area (Å²) in [6.07, 6.45) is 6.75. The fraction of sp³-hybridized carbons (Fsp3) is 0.667. The Hall–Kier alpha value is -1.39. The third-order valence-corrected chi connectivity index (χ3v) is 6.24. The topological polar surface area (TPSA) is 44.8 Å². The molecule has 1 aromatic rings. The first-order chi connectivity index (χ1) is 12.3. The average molecular weight is 344 g/mol. The van der Waals surface area contributed by atoms with Gasteiger partial charge >= 0.3 is 0 Å². The number of ketones is 1. The third kappa shape index (κ3) is 3.47. The van der Waals surface area contributed by atoms with Crippen LogP contribution < -0.4 is 4.74 Å². The van der Waals surface area contributed by atoms with Gasteiger partial charge in [-0.15, -0.1) is 0 Å². The zero-order valence-electron chi connectivity index (χ0n) is 15.0. The molecule has 0 N–H and O–H groups in total. The SMILES string of the molecule is COc1cccc2c1C[C@H]1CC(=O)C(CCOC3CCCCO3)[C@H]1C2. The Kier molecular flexibility index (Phi) is 5.09. The zero-order chi connectivity index (χ0) is 17.2. The van der Waals surface area contributed by atoms with E-state index in [-0.39, 0.29) is 12.2 Å². The highest BCUT2D eigenvalue weighted by molar-refractivity contribution is 5.84. The molecular formula is C21H28O4. The lowest BCUT2D eigenvalue weighted by atomic mass is 9.74. The van der Waals surface area contributed by atoms with E-state index in [0.29, 0.717) is 30.6 Å². The maximum absolute atomic E-state index is 12.6. The predicted octanol–water partition coefficient (Wildman–Crippen LogP) is 3.55. The van der Waals surface area contributed by atoms with Crippen molar-refractivity contribution in [2.75, 3.05) is 20.3 Å². The fourth-order valence-corrected chi connectivity index (χ4v) is 4.95. The van der Waals surface area contributed by atoms with Crippen molar-refractivity contribution in [1.82, 2.24) is 0 Å². The normalized spacial score (nSPS) is 31.5. The maximum atomic E-state index is 12.6. The molecule has 0 aromatic heterocycles. The summed E-state index contributed by atoms with van der Waals surface area (Å²) in [6, 6.07) is 6.29. The number of methoxy groups -OCH3 is 1. The Labute approximate surface area is 149 Å². The summed E-state index contributed by atoms with van der Waals surface area (Å²) in [5, 5.41) is 0. The summed E-state index contributed by atoms with van der Waals surface area (Å²) in [6.45, 7) is 1.44. The minimum absolute atomic E-state index is 0.0580. The van der Waals surface area contributed by atoms with E-state index in [1.807, 2.05) is 6.07 Å². The number of hydrogen-bond donors (Lipinski definition) is 0. The van der Waals surface area contributed by atoms with Gasteiger partial charge in [0.25, 0.3) is 0 Å². The van der Waals surface area contributed by atoms with Crippen molar-refractivity contribution in [3.8, 4) is 5.75 Å². The van der Waals surface area contributed by atoms with Gasteiger partial charge in [-0.1, -0.05) is 12.1 Å². The molecule has 1 saturated heterocycles. The van der Waals surface area contributed by atoms with E-state index < -0.39 is 0 Å². The summed E-state index contributed by atoms with van der Waals surface area (Å²) >= 11 is 0. The molecule has 4 nitrogen and oxygen atoms in total. The first-order valence-electron chi connectivity index (χ1n) is 9.67. The summed E-state index contributed by atoms with van der Waals surface area (Å²) in [7, 11) is 1.73. The van der Waals surface area contributed by atoms with Crippen LogP contribution in [-0.4, -0.2) is 32.4 Å². The van der Waals surface area contributed by atoms with Crippen LogP contribution in [0.1, 0.15) is 43.2 Å². The van der Waals surface area contributed by atoms with Crippen molar-refractivity contribution in [1.29, 1.82) is 0 Å². The molecule has 0 spiro atoms. The molecule has 136 valence electrons. The quantitative estimate of drug-likeness (QED) is 0.819. The van der Waals surface area contributed by atoms with Crippen molar-refractivity contribution in [3.05, 3.63) is 29.3 Å². The van der Waals surface area contributed by atoms with Crippen LogP contribution in [0.15, 0.2) is 18.2 Å². The zero-order valence-corrected chi connectivity index (χ0v) is 15.0. The Bertz CT molecular complexity index is 620. The van der Waals surface area contributed by atoms with Crippen molar-refractivity contribution < 1.29 is 19.0 Å². The standard InChI is InChI=1S/C21H28O4/c1-23-20-6-4-5-14-11-17-15(12-18(14)20)13-19(22)16(17)8-10-25-21-7-2-3-9-24-21/h4-6,15-17,21H,2-3,7-13H2,1H3/t15-,16?,17-,21?/m0/s1. The lowest BCUT2D eigenvalue weighted by Gasteiger charge is -2.31. The van der Waals surface area contributed by atoms with Gasteiger partial charge in [0.15, 0.2) is 6.29 Å². The molecule has 4 rings (SSSR count). The molecule has 4 heteroatoms. The lowest BCUT2D eigenvalue weighted by molar-refractivity contribution is -0.165. The van der Waals surface area contributed by atoms with Gasteiger partial charge in [-0.3, -0.25) is 4.79 Å². The van der Waals surface area contributed by atoms with E-state index in [4.69, 9.17) is 14.2 Å². The predicted molar refractivity (Wildman–Crippen MR) is 94.7 cm³/mol. The molecule has 2 unspecified atom stereocenters. The highest BCUT2D eigenvalue weighted by atomic mass is 16.7. The van der Waals surface area contributed by atoms with Crippen LogP contribution in [0.4, 0.5) is 0 Å². The van der Waals surface area contributed by atoms with Gasteiger partial charge in [0.1, 0.15) is 11.5 Å². The number of carbonyl (C=O) groups is 1. The summed E-state index contributed by atoms with van der Waals surface area (Å²) < 4.78 is 17.0. The van der Waals surface area contributed by atoms with Crippen LogP contribution in [0, 0.1) is 17.8 Å². The first kappa shape index (κ1) is 17.0. The molecule has 0 radical (unpaired) electrons. The van der Waals surface area contributed by atoms with Crippen LogP contribution in [-0.2, 0) is 27.1 Å². The van der Waals surface area contributed by atoms with E-state index in [9.17, 15) is 4.79 Å². The van der Waals surface area contributed by atoms with Gasteiger partial charge in [0.2, 0.25) is 0 Å². The number of rotatable bonds is 5. The Morgan fingerprint density at radius 2 is 2.12 bits per heavy atom. The van der Waals surface area contributed by atoms with Gasteiger partial charge in [-0.05, 0) is 67.6 Å². The van der Waals surface area contributed by atoms with Gasteiger partial charge < -0.3 is 14.2 Å². The van der Waals surface area contributed by atoms with Gasteiger partial charge in [-0.25, -0.2) is 0 Å². The number of ether oxygens (including phenoxy) is 3. The van der Waals surface area contributed by atoms with E-state index in [1.165, 1.54) is 17.5 Å². The molecule has 3 aliphatic rings. The second kappa shape index (κ2) is 7.46.